The van der Waals surface area contributed by atoms with Crippen LogP contribution in [0.1, 0.15) is 18.9 Å². The molecule has 1 amide bonds. The Bertz CT molecular complexity index is 448. The summed E-state index contributed by atoms with van der Waals surface area (Å²) < 4.78 is 12.8. The molecule has 4 nitrogen and oxygen atoms in total. The predicted octanol–water partition coefficient (Wildman–Crippen LogP) is 0.681. The summed E-state index contributed by atoms with van der Waals surface area (Å²) in [5.74, 6) is 5.10. The lowest BCUT2D eigenvalue weighted by Crippen LogP contribution is -2.20. The highest BCUT2D eigenvalue weighted by Gasteiger charge is 1.98. The normalized spacial score (nSPS) is 9.12. The lowest BCUT2D eigenvalue weighted by atomic mass is 10.2. The van der Waals surface area contributed by atoms with E-state index >= 15 is 0 Å². The van der Waals surface area contributed by atoms with E-state index in [0.29, 0.717) is 18.5 Å². The van der Waals surface area contributed by atoms with Crippen molar-refractivity contribution in [2.45, 2.75) is 13.3 Å². The largest absolute Gasteiger partial charge is 0.383 e. The van der Waals surface area contributed by atoms with Crippen molar-refractivity contribution < 1.29 is 9.18 Å². The third kappa shape index (κ3) is 3.96. The molecule has 1 aromatic rings. The van der Waals surface area contributed by atoms with Gasteiger partial charge in [-0.3, -0.25) is 4.79 Å². The number of rotatable bonds is 2. The van der Waals surface area contributed by atoms with Gasteiger partial charge in [0.2, 0.25) is 5.91 Å². The highest BCUT2D eigenvalue weighted by atomic mass is 19.1. The standard InChI is InChI=1S/C11H12FN3O/c1-8(16)14-5-3-2-4-9-6-10(12)7-15-11(9)13/h6-7H,3,5H2,1H3,(H2,13,15)(H,14,16). The third-order valence-electron chi connectivity index (χ3n) is 1.73. The molecule has 3 N–H and O–H groups in total. The number of nitrogens with two attached hydrogens (primary N) is 1. The number of anilines is 1. The first kappa shape index (κ1) is 12.0. The van der Waals surface area contributed by atoms with Gasteiger partial charge in [-0.05, 0) is 6.07 Å². The van der Waals surface area contributed by atoms with Gasteiger partial charge in [0.15, 0.2) is 0 Å². The molecule has 1 rings (SSSR count). The zero-order valence-electron chi connectivity index (χ0n) is 8.88. The van der Waals surface area contributed by atoms with Gasteiger partial charge in [-0.2, -0.15) is 0 Å². The van der Waals surface area contributed by atoms with Crippen LogP contribution in [0.2, 0.25) is 0 Å². The maximum atomic E-state index is 12.8. The molecule has 16 heavy (non-hydrogen) atoms. The minimum Gasteiger partial charge on any atom is -0.383 e. The zero-order chi connectivity index (χ0) is 12.0. The Labute approximate surface area is 93.1 Å². The number of pyridine rings is 1. The number of halogens is 1. The molecule has 0 unspecified atom stereocenters. The number of carbonyl (C=O) groups is 1. The van der Waals surface area contributed by atoms with Crippen molar-refractivity contribution >= 4 is 11.7 Å². The first-order valence-electron chi connectivity index (χ1n) is 4.74. The summed E-state index contributed by atoms with van der Waals surface area (Å²) in [6, 6.07) is 1.23. The maximum Gasteiger partial charge on any atom is 0.216 e. The Morgan fingerprint density at radius 2 is 2.44 bits per heavy atom. The van der Waals surface area contributed by atoms with Gasteiger partial charge in [-0.15, -0.1) is 0 Å². The number of hydrogen-bond donors (Lipinski definition) is 2. The van der Waals surface area contributed by atoms with E-state index in [1.807, 2.05) is 0 Å². The molecule has 5 heteroatoms. The van der Waals surface area contributed by atoms with Gasteiger partial charge < -0.3 is 11.1 Å². The summed E-state index contributed by atoms with van der Waals surface area (Å²) >= 11 is 0. The van der Waals surface area contributed by atoms with Gasteiger partial charge in [0.05, 0.1) is 11.8 Å². The van der Waals surface area contributed by atoms with Crippen molar-refractivity contribution in [1.82, 2.24) is 10.3 Å². The summed E-state index contributed by atoms with van der Waals surface area (Å²) in [6.07, 6.45) is 1.52. The second-order valence-corrected chi connectivity index (χ2v) is 3.12. The molecule has 1 heterocycles. The van der Waals surface area contributed by atoms with Crippen LogP contribution in [0, 0.1) is 17.7 Å². The fourth-order valence-electron chi connectivity index (χ4n) is 1.01. The SMILES string of the molecule is CC(=O)NCCC#Cc1cc(F)cnc1N. The van der Waals surface area contributed by atoms with Crippen LogP contribution in [0.5, 0.6) is 0 Å². The Balaban J connectivity index is 2.56. The van der Waals surface area contributed by atoms with Gasteiger partial charge in [-0.25, -0.2) is 9.37 Å². The van der Waals surface area contributed by atoms with Gasteiger partial charge in [0.1, 0.15) is 11.6 Å². The van der Waals surface area contributed by atoms with Crippen LogP contribution >= 0.6 is 0 Å². The molecular weight excluding hydrogens is 209 g/mol. The lowest BCUT2D eigenvalue weighted by Gasteiger charge is -1.97. The van der Waals surface area contributed by atoms with E-state index in [2.05, 4.69) is 22.1 Å². The first-order chi connectivity index (χ1) is 7.59. The molecule has 0 atom stereocenters. The zero-order valence-corrected chi connectivity index (χ0v) is 8.88. The number of nitrogens with one attached hydrogen (secondary N) is 1. The smallest absolute Gasteiger partial charge is 0.216 e. The Kier molecular flexibility index (Phi) is 4.28. The summed E-state index contributed by atoms with van der Waals surface area (Å²) in [5.41, 5.74) is 5.87. The molecule has 0 spiro atoms. The maximum absolute atomic E-state index is 12.8. The van der Waals surface area contributed by atoms with Crippen molar-refractivity contribution in [3.63, 3.8) is 0 Å². The van der Waals surface area contributed by atoms with E-state index in [1.54, 1.807) is 0 Å². The molecule has 0 aliphatic rings. The van der Waals surface area contributed by atoms with Crippen LogP contribution in [0.3, 0.4) is 0 Å². The summed E-state index contributed by atoms with van der Waals surface area (Å²) in [7, 11) is 0. The van der Waals surface area contributed by atoms with Gasteiger partial charge >= 0.3 is 0 Å². The first-order valence-corrected chi connectivity index (χ1v) is 4.74. The molecular formula is C11H12FN3O. The minimum atomic E-state index is -0.472. The van der Waals surface area contributed by atoms with Crippen LogP contribution in [0.15, 0.2) is 12.3 Å². The Morgan fingerprint density at radius 3 is 3.12 bits per heavy atom. The van der Waals surface area contributed by atoms with Gasteiger partial charge in [0, 0.05) is 19.9 Å². The number of aromatic nitrogens is 1. The van der Waals surface area contributed by atoms with Crippen LogP contribution < -0.4 is 11.1 Å². The van der Waals surface area contributed by atoms with E-state index in [4.69, 9.17) is 5.73 Å². The van der Waals surface area contributed by atoms with Crippen molar-refractivity contribution in [1.29, 1.82) is 0 Å². The second-order valence-electron chi connectivity index (χ2n) is 3.12. The molecule has 0 bridgehead atoms. The van der Waals surface area contributed by atoms with E-state index < -0.39 is 5.82 Å². The summed E-state index contributed by atoms with van der Waals surface area (Å²) in [5, 5.41) is 2.60. The Morgan fingerprint density at radius 1 is 1.69 bits per heavy atom. The third-order valence-corrected chi connectivity index (χ3v) is 1.73. The van der Waals surface area contributed by atoms with Crippen molar-refractivity contribution in [3.05, 3.63) is 23.6 Å². The topological polar surface area (TPSA) is 68.0 Å². The number of nitrogens with zero attached hydrogens (tertiary/aromatic N) is 1. The fourth-order valence-corrected chi connectivity index (χ4v) is 1.01. The summed E-state index contributed by atoms with van der Waals surface area (Å²) in [4.78, 5) is 14.2. The Hall–Kier alpha value is -2.09. The number of amides is 1. The van der Waals surface area contributed by atoms with Gasteiger partial charge in [0.25, 0.3) is 0 Å². The number of hydrogen-bond acceptors (Lipinski definition) is 3. The molecule has 1 aromatic heterocycles. The molecule has 0 aliphatic carbocycles. The molecule has 0 saturated heterocycles. The highest BCUT2D eigenvalue weighted by molar-refractivity contribution is 5.72. The summed E-state index contributed by atoms with van der Waals surface area (Å²) in [6.45, 7) is 1.90. The molecule has 84 valence electrons. The average Bonchev–Trinajstić information content (AvgIpc) is 2.22. The number of carbonyl (C=O) groups excluding carboxylic acids is 1. The van der Waals surface area contributed by atoms with Crippen molar-refractivity contribution in [2.75, 3.05) is 12.3 Å². The van der Waals surface area contributed by atoms with Gasteiger partial charge in [-0.1, -0.05) is 11.8 Å². The van der Waals surface area contributed by atoms with E-state index in [0.717, 1.165) is 6.20 Å². The van der Waals surface area contributed by atoms with Crippen molar-refractivity contribution in [2.24, 2.45) is 0 Å². The predicted molar refractivity (Wildman–Crippen MR) is 58.8 cm³/mol. The van der Waals surface area contributed by atoms with Crippen LogP contribution in [-0.2, 0) is 4.79 Å². The molecule has 0 saturated carbocycles. The van der Waals surface area contributed by atoms with Crippen LogP contribution in [0.25, 0.3) is 0 Å². The molecule has 0 aromatic carbocycles. The number of nitrogen functional groups attached to an aromatic ring is 1. The van der Waals surface area contributed by atoms with Crippen molar-refractivity contribution in [3.8, 4) is 11.8 Å². The van der Waals surface area contributed by atoms with E-state index in [-0.39, 0.29) is 11.7 Å². The van der Waals surface area contributed by atoms with Crippen LogP contribution in [-0.4, -0.2) is 17.4 Å². The van der Waals surface area contributed by atoms with Crippen LogP contribution in [0.4, 0.5) is 10.2 Å². The minimum absolute atomic E-state index is 0.103. The quantitative estimate of drug-likeness (QED) is 0.570. The monoisotopic (exact) mass is 221 g/mol. The van der Waals surface area contributed by atoms with E-state index in [9.17, 15) is 9.18 Å². The lowest BCUT2D eigenvalue weighted by molar-refractivity contribution is -0.118. The average molecular weight is 221 g/mol. The highest BCUT2D eigenvalue weighted by Crippen LogP contribution is 2.07. The fraction of sp³-hybridized carbons (Fsp3) is 0.273. The molecule has 0 fully saturated rings. The second kappa shape index (κ2) is 5.71. The van der Waals surface area contributed by atoms with E-state index in [1.165, 1.54) is 13.0 Å². The molecule has 0 aliphatic heterocycles. The molecule has 0 radical (unpaired) electrons.